The SMILES string of the molecule is C/C=C(/C)C(=O)O[C@H]1[C@H](OC(=O)/C=C\c2ccccc2)[C@]23C(O)OC4(CCC5[C@@]6(C)CC[C@H](O[C@@H]7O[C@H](C(=O)O)[C@@H](O)[C@H](OC8O[C@@H](CO)[C@@H](O)[C@@H](O)C8OC8O[C@H](C)[C@@H](O)[C@H](O)C8OC8O[C@@H](C)[C@H](O)[C@@H](O)[C@H]8O)C7OC7O[C@H](CO)[C@H](O)[C@H](O)[C@H]7O)C(C)(C)C6CC[C@@]5(C)[C@]4(C)C[C@H]2O)C3CC1(C)C. The van der Waals surface area contributed by atoms with Crippen LogP contribution < -0.4 is 0 Å². The number of hydrogen-bond acceptors (Lipinski definition) is 31. The maximum Gasteiger partial charge on any atom is 0.335 e. The first-order valence-electron chi connectivity index (χ1n) is 37.0. The first kappa shape index (κ1) is 81.6. The van der Waals surface area contributed by atoms with Gasteiger partial charge in [0.1, 0.15) is 110 Å². The lowest BCUT2D eigenvalue weighted by atomic mass is 9.30. The number of benzene rings is 1. The summed E-state index contributed by atoms with van der Waals surface area (Å²) in [6, 6.07) is 9.10. The summed E-state index contributed by atoms with van der Waals surface area (Å²) in [6.45, 7) is 18.5. The fourth-order valence-corrected chi connectivity index (χ4v) is 21.2. The third kappa shape index (κ3) is 13.3. The first-order chi connectivity index (χ1) is 49.7. The van der Waals surface area contributed by atoms with Gasteiger partial charge in [0.2, 0.25) is 0 Å². The molecule has 5 saturated carbocycles. The van der Waals surface area contributed by atoms with Crippen LogP contribution >= 0.6 is 0 Å². The number of rotatable bonds is 18. The number of carboxylic acid groups (broad SMARTS) is 1. The molecule has 5 aliphatic carbocycles. The van der Waals surface area contributed by atoms with Gasteiger partial charge in [0.05, 0.1) is 48.6 Å². The lowest BCUT2D eigenvalue weighted by Crippen LogP contribution is -2.77. The molecule has 32 nitrogen and oxygen atoms in total. The van der Waals surface area contributed by atoms with Gasteiger partial charge in [0.15, 0.2) is 49.9 Å². The Morgan fingerprint density at radius 2 is 1.07 bits per heavy atom. The molecule has 1 aromatic carbocycles. The maximum absolute atomic E-state index is 14.3. The minimum Gasteiger partial charge on any atom is -0.479 e. The molecule has 1 spiro atoms. The Balaban J connectivity index is 0.856. The van der Waals surface area contributed by atoms with Gasteiger partial charge in [-0.25, -0.2) is 14.4 Å². The summed E-state index contributed by atoms with van der Waals surface area (Å²) in [5.74, 6) is -4.20. The number of carboxylic acids is 1. The second kappa shape index (κ2) is 30.2. The lowest BCUT2D eigenvalue weighted by Gasteiger charge is -2.75. The average molecular weight is 1510 g/mol. The van der Waals surface area contributed by atoms with Crippen molar-refractivity contribution in [3.8, 4) is 0 Å². The quantitative estimate of drug-likeness (QED) is 0.0460. The fourth-order valence-electron chi connectivity index (χ4n) is 21.2. The molecule has 0 amide bonds. The van der Waals surface area contributed by atoms with Gasteiger partial charge < -0.3 is 143 Å². The number of aliphatic hydroxyl groups excluding tert-OH is 15. The van der Waals surface area contributed by atoms with Gasteiger partial charge in [-0.15, -0.1) is 0 Å². The number of fused-ring (bicyclic) bond motifs is 4. The number of allylic oxidation sites excluding steroid dienone is 1. The Labute approximate surface area is 613 Å². The molecule has 32 heteroatoms. The number of aliphatic hydroxyl groups is 15. The molecular formula is C74H110O32. The zero-order valence-electron chi connectivity index (χ0n) is 61.4. The van der Waals surface area contributed by atoms with E-state index in [9.17, 15) is 96.1 Å². The van der Waals surface area contributed by atoms with Gasteiger partial charge in [-0.3, -0.25) is 0 Å². The lowest BCUT2D eigenvalue weighted by molar-refractivity contribution is -0.412. The highest BCUT2D eigenvalue weighted by Gasteiger charge is 2.86. The minimum atomic E-state index is -2.38. The van der Waals surface area contributed by atoms with E-state index in [-0.39, 0.29) is 24.7 Å². The van der Waals surface area contributed by atoms with Crippen molar-refractivity contribution >= 4 is 24.0 Å². The van der Waals surface area contributed by atoms with Crippen LogP contribution in [0.4, 0.5) is 0 Å². The summed E-state index contributed by atoms with van der Waals surface area (Å²) in [5.41, 5.74) is -5.73. The molecule has 11 fully saturated rings. The van der Waals surface area contributed by atoms with E-state index in [2.05, 4.69) is 20.8 Å². The van der Waals surface area contributed by atoms with Crippen molar-refractivity contribution in [1.82, 2.24) is 0 Å². The predicted molar refractivity (Wildman–Crippen MR) is 359 cm³/mol. The van der Waals surface area contributed by atoms with Crippen LogP contribution in [0.25, 0.3) is 6.08 Å². The van der Waals surface area contributed by atoms with E-state index in [1.807, 2.05) is 58.0 Å². The van der Waals surface area contributed by atoms with Gasteiger partial charge in [-0.1, -0.05) is 84.9 Å². The zero-order chi connectivity index (χ0) is 77.4. The molecule has 2 bridgehead atoms. The van der Waals surface area contributed by atoms with Crippen molar-refractivity contribution in [2.24, 2.45) is 50.2 Å². The predicted octanol–water partition coefficient (Wildman–Crippen LogP) is -1.34. The molecule has 598 valence electrons. The van der Waals surface area contributed by atoms with Crippen molar-refractivity contribution < 1.29 is 158 Å². The number of carbonyl (C=O) groups excluding carboxylic acids is 2. The first-order valence-corrected chi connectivity index (χ1v) is 37.0. The third-order valence-electron chi connectivity index (χ3n) is 27.3. The Hall–Kier alpha value is -3.93. The standard InChI is InChI=1S/C74H110O32/c1-12-30(2)61(92)105-58-59(99-41(78)19-18-33-16-14-13-15-17-33)74-38(26-68(58,5)6)73(106-67(74)93)25-21-37-70(9)23-22-40(69(7,8)36(70)20-24-71(37,10)72(73,11)27-39(74)77)98-66-57(104-63-51(88)47(84)44(81)34(28-75)96-63)53(52(89)54(101-66)60(90)91)100-65-56(49(86)45(82)35(29-76)97-65)103-64-55(48(85)43(80)32(4)95-64)102-62-50(87)46(83)42(79)31(3)94-62/h12-19,31-32,34-40,42-59,62-67,75-77,79-89,93H,20-29H2,1-11H3,(H,90,91)/b19-18-,30-12-/t31-,32+,34+,35-,36?,37?,38?,39+,40-,42-,43+,44-,45+,46+,47-,48-,49+,50+,51+,52-,53-,54-,55?,56?,57?,58-,59-,62?,63?,64?,65?,66+,67?,70-,71+,72-,73?,74+/m0/s1. The summed E-state index contributed by atoms with van der Waals surface area (Å²) in [4.78, 5) is 41.7. The van der Waals surface area contributed by atoms with Crippen molar-refractivity contribution in [3.63, 3.8) is 0 Å². The fraction of sp³-hybridized carbons (Fsp3) is 0.824. The van der Waals surface area contributed by atoms with Crippen LogP contribution in [-0.4, -0.2) is 303 Å². The van der Waals surface area contributed by atoms with Crippen LogP contribution in [0.2, 0.25) is 0 Å². The second-order valence-electron chi connectivity index (χ2n) is 33.6. The highest BCUT2D eigenvalue weighted by Crippen LogP contribution is 2.82. The largest absolute Gasteiger partial charge is 0.479 e. The van der Waals surface area contributed by atoms with E-state index < -0.39 is 259 Å². The molecule has 0 aromatic heterocycles. The molecule has 38 atom stereocenters. The average Bonchev–Trinajstić information content (AvgIpc) is 1.39. The third-order valence-corrected chi connectivity index (χ3v) is 27.3. The van der Waals surface area contributed by atoms with E-state index in [0.29, 0.717) is 49.7 Å². The molecule has 11 aliphatic rings. The normalized spacial score (nSPS) is 51.3. The maximum atomic E-state index is 14.3. The molecule has 6 heterocycles. The van der Waals surface area contributed by atoms with E-state index in [1.165, 1.54) is 19.9 Å². The molecular weight excluding hydrogens is 1400 g/mol. The van der Waals surface area contributed by atoms with E-state index in [0.717, 1.165) is 0 Å². The summed E-state index contributed by atoms with van der Waals surface area (Å²) >= 11 is 0. The molecule has 6 aliphatic heterocycles. The van der Waals surface area contributed by atoms with Gasteiger partial charge in [0, 0.05) is 28.4 Å². The Morgan fingerprint density at radius 3 is 1.69 bits per heavy atom. The highest BCUT2D eigenvalue weighted by atomic mass is 16.8. The van der Waals surface area contributed by atoms with E-state index >= 15 is 0 Å². The summed E-state index contributed by atoms with van der Waals surface area (Å²) < 4.78 is 82.1. The topological polar surface area (TPSA) is 495 Å². The number of aliphatic carboxylic acids is 1. The molecule has 12 unspecified atom stereocenters. The molecule has 6 saturated heterocycles. The Kier molecular flexibility index (Phi) is 23.2. The van der Waals surface area contributed by atoms with Crippen LogP contribution in [-0.2, 0) is 76.0 Å². The van der Waals surface area contributed by atoms with Crippen LogP contribution in [0.3, 0.4) is 0 Å². The van der Waals surface area contributed by atoms with Crippen molar-refractivity contribution in [3.05, 3.63) is 53.6 Å². The molecule has 106 heavy (non-hydrogen) atoms. The summed E-state index contributed by atoms with van der Waals surface area (Å²) in [5, 5.41) is 182. The number of hydrogen-bond donors (Lipinski definition) is 16. The van der Waals surface area contributed by atoms with Crippen LogP contribution in [0, 0.1) is 50.2 Å². The zero-order valence-corrected chi connectivity index (χ0v) is 61.4. The van der Waals surface area contributed by atoms with Crippen molar-refractivity contribution in [2.75, 3.05) is 13.2 Å². The number of carbonyl (C=O) groups is 3. The Morgan fingerprint density at radius 1 is 0.538 bits per heavy atom. The van der Waals surface area contributed by atoms with Gasteiger partial charge in [0.25, 0.3) is 0 Å². The molecule has 1 aromatic rings. The number of esters is 2. The van der Waals surface area contributed by atoms with Crippen LogP contribution in [0.5, 0.6) is 0 Å². The molecule has 12 rings (SSSR count). The van der Waals surface area contributed by atoms with Crippen molar-refractivity contribution in [1.29, 1.82) is 0 Å². The van der Waals surface area contributed by atoms with Gasteiger partial charge in [-0.05, 0) is 119 Å². The molecule has 16 N–H and O–H groups in total. The van der Waals surface area contributed by atoms with Crippen molar-refractivity contribution in [2.45, 2.75) is 317 Å². The highest BCUT2D eigenvalue weighted by molar-refractivity contribution is 5.88. The monoisotopic (exact) mass is 1510 g/mol. The summed E-state index contributed by atoms with van der Waals surface area (Å²) in [7, 11) is 0. The van der Waals surface area contributed by atoms with Crippen LogP contribution in [0.15, 0.2) is 48.1 Å². The molecule has 0 radical (unpaired) electrons. The second-order valence-corrected chi connectivity index (χ2v) is 33.6. The summed E-state index contributed by atoms with van der Waals surface area (Å²) in [6.07, 6.45) is -47.3. The minimum absolute atomic E-state index is 0.0915. The van der Waals surface area contributed by atoms with E-state index in [1.54, 1.807) is 26.0 Å². The Bertz CT molecular complexity index is 3340. The van der Waals surface area contributed by atoms with Crippen LogP contribution in [0.1, 0.15) is 133 Å². The van der Waals surface area contributed by atoms with E-state index in [4.69, 9.17) is 61.6 Å². The number of ether oxygens (including phenoxy) is 13. The van der Waals surface area contributed by atoms with Gasteiger partial charge >= 0.3 is 17.9 Å². The smallest absolute Gasteiger partial charge is 0.335 e. The van der Waals surface area contributed by atoms with Gasteiger partial charge in [-0.2, -0.15) is 0 Å².